The summed E-state index contributed by atoms with van der Waals surface area (Å²) >= 11 is 1.60. The van der Waals surface area contributed by atoms with E-state index in [4.69, 9.17) is 19.4 Å². The fourth-order valence-electron chi connectivity index (χ4n) is 4.84. The maximum absolute atomic E-state index is 12.4. The van der Waals surface area contributed by atoms with Gasteiger partial charge in [-0.25, -0.2) is 9.97 Å². The lowest BCUT2D eigenvalue weighted by atomic mass is 10.1. The van der Waals surface area contributed by atoms with Gasteiger partial charge in [-0.2, -0.15) is 5.10 Å². The Hall–Kier alpha value is -3.38. The average Bonchev–Trinajstić information content (AvgIpc) is 3.61. The molecule has 0 atom stereocenters. The molecule has 0 bridgehead atoms. The van der Waals surface area contributed by atoms with Crippen molar-refractivity contribution in [3.05, 3.63) is 41.4 Å². The number of nitrogens with one attached hydrogen (secondary N) is 2. The molecule has 4 aromatic rings. The summed E-state index contributed by atoms with van der Waals surface area (Å²) < 4.78 is 12.0. The minimum absolute atomic E-state index is 0.0868. The van der Waals surface area contributed by atoms with Crippen LogP contribution in [-0.4, -0.2) is 96.7 Å². The topological polar surface area (TPSA) is 108 Å². The van der Waals surface area contributed by atoms with E-state index in [1.807, 2.05) is 36.5 Å². The van der Waals surface area contributed by atoms with Gasteiger partial charge in [0.2, 0.25) is 5.91 Å². The highest BCUT2D eigenvalue weighted by Gasteiger charge is 2.21. The zero-order chi connectivity index (χ0) is 25.7. The second-order valence-electron chi connectivity index (χ2n) is 9.40. The van der Waals surface area contributed by atoms with Gasteiger partial charge in [-0.1, -0.05) is 12.1 Å². The molecule has 0 unspecified atom stereocenters. The number of carbonyl (C=O) groups excluding carboxylic acids is 1. The number of rotatable bonds is 8. The number of hydrogen-bond acceptors (Lipinski definition) is 9. The molecular weight excluding hydrogens is 502 g/mol. The molecule has 0 spiro atoms. The molecule has 2 saturated heterocycles. The Morgan fingerprint density at radius 2 is 1.92 bits per heavy atom. The van der Waals surface area contributed by atoms with Crippen LogP contribution in [0.2, 0.25) is 0 Å². The van der Waals surface area contributed by atoms with Crippen LogP contribution in [0.15, 0.2) is 36.5 Å². The second kappa shape index (κ2) is 11.6. The molecule has 1 amide bonds. The van der Waals surface area contributed by atoms with E-state index < -0.39 is 0 Å². The van der Waals surface area contributed by atoms with Gasteiger partial charge in [0.15, 0.2) is 11.6 Å². The van der Waals surface area contributed by atoms with Gasteiger partial charge in [0, 0.05) is 54.6 Å². The van der Waals surface area contributed by atoms with Crippen molar-refractivity contribution in [2.45, 2.75) is 6.42 Å². The largest absolute Gasteiger partial charge is 0.379 e. The zero-order valence-corrected chi connectivity index (χ0v) is 22.0. The van der Waals surface area contributed by atoms with Gasteiger partial charge in [0.05, 0.1) is 48.4 Å². The van der Waals surface area contributed by atoms with E-state index >= 15 is 0 Å². The molecule has 0 saturated carbocycles. The number of fused-ring (bicyclic) bond motifs is 2. The third-order valence-corrected chi connectivity index (χ3v) is 7.95. The quantitative estimate of drug-likeness (QED) is 0.263. The lowest BCUT2D eigenvalue weighted by molar-refractivity contribution is -0.116. The van der Waals surface area contributed by atoms with Gasteiger partial charge >= 0.3 is 0 Å². The molecule has 10 nitrogen and oxygen atoms in total. The summed E-state index contributed by atoms with van der Waals surface area (Å²) in [5.41, 5.74) is 2.75. The van der Waals surface area contributed by atoms with E-state index in [0.29, 0.717) is 25.6 Å². The van der Waals surface area contributed by atoms with Gasteiger partial charge in [0.25, 0.3) is 0 Å². The van der Waals surface area contributed by atoms with Crippen molar-refractivity contribution >= 4 is 50.3 Å². The number of aromatic nitrogens is 4. The van der Waals surface area contributed by atoms with Crippen LogP contribution in [0.3, 0.4) is 0 Å². The van der Waals surface area contributed by atoms with Crippen molar-refractivity contribution in [3.63, 3.8) is 0 Å². The van der Waals surface area contributed by atoms with Crippen LogP contribution in [0.4, 0.5) is 5.82 Å². The van der Waals surface area contributed by atoms with E-state index in [1.165, 1.54) is 0 Å². The first-order valence-electron chi connectivity index (χ1n) is 13.1. The summed E-state index contributed by atoms with van der Waals surface area (Å²) in [7, 11) is 0. The summed E-state index contributed by atoms with van der Waals surface area (Å²) in [6.07, 6.45) is 6.21. The molecule has 5 heterocycles. The third kappa shape index (κ3) is 5.56. The van der Waals surface area contributed by atoms with Crippen LogP contribution in [0.1, 0.15) is 11.3 Å². The molecule has 6 rings (SSSR count). The van der Waals surface area contributed by atoms with Crippen molar-refractivity contribution in [2.75, 3.05) is 70.6 Å². The molecule has 0 radical (unpaired) electrons. The predicted molar refractivity (Wildman–Crippen MR) is 149 cm³/mol. The van der Waals surface area contributed by atoms with Crippen LogP contribution in [-0.2, 0) is 14.3 Å². The highest BCUT2D eigenvalue weighted by atomic mass is 32.1. The first-order valence-corrected chi connectivity index (χ1v) is 13.9. The Bertz CT molecular complexity index is 1440. The molecule has 1 aromatic carbocycles. The highest BCUT2D eigenvalue weighted by Crippen LogP contribution is 2.36. The number of amides is 1. The van der Waals surface area contributed by atoms with E-state index in [9.17, 15) is 4.79 Å². The van der Waals surface area contributed by atoms with Crippen LogP contribution >= 0.6 is 11.3 Å². The summed E-state index contributed by atoms with van der Waals surface area (Å²) in [6.45, 7) is 8.04. The highest BCUT2D eigenvalue weighted by molar-refractivity contribution is 7.20. The van der Waals surface area contributed by atoms with Crippen LogP contribution < -0.4 is 10.2 Å². The average molecular weight is 534 g/mol. The molecular formula is C27H31N7O3S. The molecule has 0 aliphatic carbocycles. The smallest absolute Gasteiger partial charge is 0.244 e. The number of aromatic amines is 1. The van der Waals surface area contributed by atoms with Crippen molar-refractivity contribution in [3.8, 4) is 11.4 Å². The number of benzene rings is 1. The standard InChI is InChI=1S/C27H31N7O3S/c35-24(28-7-2-8-33-9-13-36-14-10-33)6-5-19-17-23-25(38-19)27(34-11-15-37-16-12-34)31-26(30-23)20-3-1-4-22-21(20)18-29-32-22/h1,3-6,17-18H,2,7-16H2,(H,28,35)(H,29,32)/b6-5+. The van der Waals surface area contributed by atoms with E-state index in [2.05, 4.69) is 25.3 Å². The van der Waals surface area contributed by atoms with E-state index in [-0.39, 0.29) is 5.91 Å². The molecule has 2 N–H and O–H groups in total. The van der Waals surface area contributed by atoms with Crippen molar-refractivity contribution in [1.29, 1.82) is 0 Å². The van der Waals surface area contributed by atoms with Crippen LogP contribution in [0.25, 0.3) is 38.6 Å². The second-order valence-corrected chi connectivity index (χ2v) is 10.5. The normalized spacial score (nSPS) is 17.1. The predicted octanol–water partition coefficient (Wildman–Crippen LogP) is 2.92. The number of hydrogen-bond donors (Lipinski definition) is 2. The fourth-order valence-corrected chi connectivity index (χ4v) is 5.86. The first kappa shape index (κ1) is 24.9. The van der Waals surface area contributed by atoms with E-state index in [1.54, 1.807) is 17.4 Å². The summed E-state index contributed by atoms with van der Waals surface area (Å²) in [5, 5.41) is 11.2. The number of carbonyl (C=O) groups is 1. The Balaban J connectivity index is 1.21. The molecule has 2 aliphatic heterocycles. The van der Waals surface area contributed by atoms with Crippen LogP contribution in [0.5, 0.6) is 0 Å². The minimum Gasteiger partial charge on any atom is -0.379 e. The fraction of sp³-hybridized carbons (Fsp3) is 0.407. The lowest BCUT2D eigenvalue weighted by Crippen LogP contribution is -2.38. The molecule has 2 aliphatic rings. The SMILES string of the molecule is O=C(/C=C/c1cc2nc(-c3cccc4[nH]ncc34)nc(N3CCOCC3)c2s1)NCCCN1CCOCC1. The number of H-pyrrole nitrogens is 1. The van der Waals surface area contributed by atoms with Crippen molar-refractivity contribution in [2.24, 2.45) is 0 Å². The number of morpholine rings is 2. The minimum atomic E-state index is -0.0868. The van der Waals surface area contributed by atoms with Crippen molar-refractivity contribution in [1.82, 2.24) is 30.4 Å². The van der Waals surface area contributed by atoms with Gasteiger partial charge < -0.3 is 19.7 Å². The lowest BCUT2D eigenvalue weighted by Gasteiger charge is -2.28. The molecule has 3 aromatic heterocycles. The van der Waals surface area contributed by atoms with E-state index in [0.717, 1.165) is 89.7 Å². The summed E-state index contributed by atoms with van der Waals surface area (Å²) in [5.74, 6) is 1.49. The zero-order valence-electron chi connectivity index (χ0n) is 21.2. The number of nitrogens with zero attached hydrogens (tertiary/aromatic N) is 5. The maximum atomic E-state index is 12.4. The van der Waals surface area contributed by atoms with Crippen LogP contribution in [0, 0.1) is 0 Å². The van der Waals surface area contributed by atoms with Crippen molar-refractivity contribution < 1.29 is 14.3 Å². The molecule has 198 valence electrons. The monoisotopic (exact) mass is 533 g/mol. The maximum Gasteiger partial charge on any atom is 0.244 e. The van der Waals surface area contributed by atoms with Gasteiger partial charge in [-0.3, -0.25) is 14.8 Å². The Labute approximate surface area is 224 Å². The third-order valence-electron chi connectivity index (χ3n) is 6.86. The Morgan fingerprint density at radius 3 is 2.76 bits per heavy atom. The molecule has 2 fully saturated rings. The molecule has 11 heteroatoms. The number of anilines is 1. The summed E-state index contributed by atoms with van der Waals surface area (Å²) in [4.78, 5) is 28.0. The Kier molecular flexibility index (Phi) is 7.59. The molecule has 38 heavy (non-hydrogen) atoms. The number of thiophene rings is 1. The Morgan fingerprint density at radius 1 is 1.11 bits per heavy atom. The van der Waals surface area contributed by atoms with Gasteiger partial charge in [-0.15, -0.1) is 11.3 Å². The van der Waals surface area contributed by atoms with Gasteiger partial charge in [0.1, 0.15) is 0 Å². The first-order chi connectivity index (χ1) is 18.7. The number of ether oxygens (including phenoxy) is 2. The van der Waals surface area contributed by atoms with Gasteiger partial charge in [-0.05, 0) is 31.2 Å². The summed E-state index contributed by atoms with van der Waals surface area (Å²) in [6, 6.07) is 8.04.